The molecule has 1 saturated heterocycles. The van der Waals surface area contributed by atoms with Gasteiger partial charge in [-0.05, 0) is 26.3 Å². The first-order chi connectivity index (χ1) is 16.9. The van der Waals surface area contributed by atoms with E-state index in [1.807, 2.05) is 45.0 Å². The van der Waals surface area contributed by atoms with Crippen LogP contribution in [-0.4, -0.2) is 65.7 Å². The molecule has 0 unspecified atom stereocenters. The first kappa shape index (κ1) is 25.0. The Morgan fingerprint density at radius 2 is 1.91 bits per heavy atom. The van der Waals surface area contributed by atoms with Crippen molar-refractivity contribution in [3.8, 4) is 0 Å². The van der Waals surface area contributed by atoms with Crippen LogP contribution in [0, 0.1) is 6.92 Å². The average Bonchev–Trinajstić information content (AvgIpc) is 3.32. The fourth-order valence-corrected chi connectivity index (χ4v) is 4.70. The maximum Gasteiger partial charge on any atom is 0.293 e. The Kier molecular flexibility index (Phi) is 8.27. The standard InChI is InChI=1S/C25H32N6O3S/c1-19-27-22(29-24-26-16-21(35-24)25(2,3)34-18-32)15-23(28-19)31-11-9-30(10-12-31)13-14-33-17-20-7-5-4-6-8-20/h4-8,15-16,18H,9-14,17H2,1-3H3,(H,26,27,28,29). The summed E-state index contributed by atoms with van der Waals surface area (Å²) in [5.74, 6) is 2.30. The maximum absolute atomic E-state index is 10.8. The van der Waals surface area contributed by atoms with E-state index < -0.39 is 5.60 Å². The van der Waals surface area contributed by atoms with E-state index in [9.17, 15) is 4.79 Å². The molecule has 1 aliphatic rings. The van der Waals surface area contributed by atoms with Gasteiger partial charge in [0, 0.05) is 45.0 Å². The summed E-state index contributed by atoms with van der Waals surface area (Å²) in [4.78, 5) is 29.9. The SMILES string of the molecule is Cc1nc(Nc2ncc(C(C)(C)OC=O)s2)cc(N2CCN(CCOCc3ccccc3)CC2)n1. The Bertz CT molecular complexity index is 1100. The number of nitrogens with one attached hydrogen (secondary N) is 1. The predicted octanol–water partition coefficient (Wildman–Crippen LogP) is 3.73. The molecular formula is C25H32N6O3S. The largest absolute Gasteiger partial charge is 0.456 e. The highest BCUT2D eigenvalue weighted by Gasteiger charge is 2.25. The molecule has 4 rings (SSSR count). The third-order valence-electron chi connectivity index (χ3n) is 5.86. The molecule has 0 atom stereocenters. The van der Waals surface area contributed by atoms with Gasteiger partial charge in [-0.15, -0.1) is 0 Å². The van der Waals surface area contributed by atoms with Gasteiger partial charge in [0.25, 0.3) is 6.47 Å². The minimum absolute atomic E-state index is 0.463. The molecule has 0 saturated carbocycles. The van der Waals surface area contributed by atoms with Crippen molar-refractivity contribution in [2.45, 2.75) is 33.0 Å². The number of nitrogens with zero attached hydrogens (tertiary/aromatic N) is 5. The van der Waals surface area contributed by atoms with Crippen LogP contribution in [0.1, 0.15) is 30.1 Å². The van der Waals surface area contributed by atoms with Crippen LogP contribution in [0.5, 0.6) is 0 Å². The number of aryl methyl sites for hydroxylation is 1. The van der Waals surface area contributed by atoms with Crippen LogP contribution >= 0.6 is 11.3 Å². The van der Waals surface area contributed by atoms with Crippen molar-refractivity contribution in [2.24, 2.45) is 0 Å². The molecule has 0 bridgehead atoms. The monoisotopic (exact) mass is 496 g/mol. The zero-order chi connectivity index (χ0) is 24.7. The molecule has 0 radical (unpaired) electrons. The Balaban J connectivity index is 1.28. The number of hydrogen-bond acceptors (Lipinski definition) is 10. The summed E-state index contributed by atoms with van der Waals surface area (Å²) in [5.41, 5.74) is 0.478. The summed E-state index contributed by atoms with van der Waals surface area (Å²) < 4.78 is 11.0. The lowest BCUT2D eigenvalue weighted by Gasteiger charge is -2.35. The summed E-state index contributed by atoms with van der Waals surface area (Å²) in [6.07, 6.45) is 1.72. The maximum atomic E-state index is 10.8. The molecule has 1 fully saturated rings. The summed E-state index contributed by atoms with van der Waals surface area (Å²) in [6.45, 7) is 12.0. The number of benzene rings is 1. The first-order valence-corrected chi connectivity index (χ1v) is 12.5. The Morgan fingerprint density at radius 3 is 2.66 bits per heavy atom. The van der Waals surface area contributed by atoms with Crippen LogP contribution < -0.4 is 10.2 Å². The van der Waals surface area contributed by atoms with Crippen molar-refractivity contribution in [2.75, 3.05) is 49.5 Å². The molecule has 1 aliphatic heterocycles. The van der Waals surface area contributed by atoms with Crippen LogP contribution in [0.4, 0.5) is 16.8 Å². The Morgan fingerprint density at radius 1 is 1.14 bits per heavy atom. The van der Waals surface area contributed by atoms with Crippen LogP contribution in [0.25, 0.3) is 0 Å². The van der Waals surface area contributed by atoms with Gasteiger partial charge in [-0.3, -0.25) is 9.69 Å². The number of carbonyl (C=O) groups excluding carboxylic acids is 1. The number of rotatable bonds is 11. The van der Waals surface area contributed by atoms with E-state index in [2.05, 4.69) is 42.2 Å². The number of hydrogen-bond donors (Lipinski definition) is 1. The molecule has 1 aromatic carbocycles. The average molecular weight is 497 g/mol. The second kappa shape index (κ2) is 11.6. The molecule has 0 spiro atoms. The van der Waals surface area contributed by atoms with Gasteiger partial charge in [0.05, 0.1) is 18.1 Å². The van der Waals surface area contributed by atoms with Crippen molar-refractivity contribution in [1.82, 2.24) is 19.9 Å². The number of carbonyl (C=O) groups is 1. The molecule has 35 heavy (non-hydrogen) atoms. The topological polar surface area (TPSA) is 92.7 Å². The van der Waals surface area contributed by atoms with Gasteiger partial charge in [-0.25, -0.2) is 15.0 Å². The van der Waals surface area contributed by atoms with Crippen molar-refractivity contribution in [3.63, 3.8) is 0 Å². The number of aromatic nitrogens is 3. The number of piperazine rings is 1. The Labute approximate surface area is 210 Å². The minimum Gasteiger partial charge on any atom is -0.456 e. The lowest BCUT2D eigenvalue weighted by molar-refractivity contribution is -0.140. The smallest absolute Gasteiger partial charge is 0.293 e. The molecular weight excluding hydrogens is 464 g/mol. The molecule has 1 N–H and O–H groups in total. The van der Waals surface area contributed by atoms with Crippen LogP contribution in [-0.2, 0) is 26.5 Å². The summed E-state index contributed by atoms with van der Waals surface area (Å²) in [7, 11) is 0. The molecule has 2 aromatic heterocycles. The number of ether oxygens (including phenoxy) is 2. The van der Waals surface area contributed by atoms with E-state index in [4.69, 9.17) is 9.47 Å². The van der Waals surface area contributed by atoms with Crippen LogP contribution in [0.2, 0.25) is 0 Å². The fourth-order valence-electron chi connectivity index (χ4n) is 3.83. The number of thiazole rings is 1. The summed E-state index contributed by atoms with van der Waals surface area (Å²) >= 11 is 1.43. The molecule has 186 valence electrons. The first-order valence-electron chi connectivity index (χ1n) is 11.7. The predicted molar refractivity (Wildman–Crippen MR) is 137 cm³/mol. The summed E-state index contributed by atoms with van der Waals surface area (Å²) in [5, 5.41) is 3.96. The zero-order valence-electron chi connectivity index (χ0n) is 20.4. The zero-order valence-corrected chi connectivity index (χ0v) is 21.3. The van der Waals surface area contributed by atoms with Gasteiger partial charge in [0.1, 0.15) is 23.1 Å². The third-order valence-corrected chi connectivity index (χ3v) is 7.08. The molecule has 10 heteroatoms. The fraction of sp³-hybridized carbons (Fsp3) is 0.440. The summed E-state index contributed by atoms with van der Waals surface area (Å²) in [6, 6.07) is 12.2. The normalized spacial score (nSPS) is 14.7. The van der Waals surface area contributed by atoms with E-state index in [0.29, 0.717) is 29.9 Å². The van der Waals surface area contributed by atoms with E-state index in [1.165, 1.54) is 16.9 Å². The number of anilines is 3. The van der Waals surface area contributed by atoms with E-state index in [0.717, 1.165) is 50.0 Å². The molecule has 9 nitrogen and oxygen atoms in total. The van der Waals surface area contributed by atoms with Gasteiger partial charge in [0.15, 0.2) is 5.13 Å². The molecule has 0 aliphatic carbocycles. The Hall–Kier alpha value is -3.08. The second-order valence-corrected chi connectivity index (χ2v) is 9.94. The van der Waals surface area contributed by atoms with Crippen molar-refractivity contribution < 1.29 is 14.3 Å². The van der Waals surface area contributed by atoms with Crippen molar-refractivity contribution in [3.05, 3.63) is 58.9 Å². The molecule has 3 aromatic rings. The lowest BCUT2D eigenvalue weighted by atomic mass is 10.1. The van der Waals surface area contributed by atoms with Crippen molar-refractivity contribution in [1.29, 1.82) is 0 Å². The van der Waals surface area contributed by atoms with Gasteiger partial charge in [-0.1, -0.05) is 41.7 Å². The quantitative estimate of drug-likeness (QED) is 0.315. The van der Waals surface area contributed by atoms with Gasteiger partial charge >= 0.3 is 0 Å². The van der Waals surface area contributed by atoms with Gasteiger partial charge in [-0.2, -0.15) is 0 Å². The molecule has 3 heterocycles. The minimum atomic E-state index is -0.724. The van der Waals surface area contributed by atoms with E-state index >= 15 is 0 Å². The highest BCUT2D eigenvalue weighted by molar-refractivity contribution is 7.15. The highest BCUT2D eigenvalue weighted by Crippen LogP contribution is 2.32. The third kappa shape index (κ3) is 6.97. The van der Waals surface area contributed by atoms with E-state index in [1.54, 1.807) is 6.20 Å². The lowest BCUT2D eigenvalue weighted by Crippen LogP contribution is -2.47. The van der Waals surface area contributed by atoms with Crippen molar-refractivity contribution >= 4 is 34.6 Å². The van der Waals surface area contributed by atoms with Crippen LogP contribution in [0.15, 0.2) is 42.6 Å². The highest BCUT2D eigenvalue weighted by atomic mass is 32.1. The van der Waals surface area contributed by atoms with Gasteiger partial charge < -0.3 is 19.7 Å². The molecule has 0 amide bonds. The van der Waals surface area contributed by atoms with Gasteiger partial charge in [0.2, 0.25) is 0 Å². The second-order valence-electron chi connectivity index (χ2n) is 8.90. The van der Waals surface area contributed by atoms with E-state index in [-0.39, 0.29) is 0 Å². The van der Waals surface area contributed by atoms with Crippen LogP contribution in [0.3, 0.4) is 0 Å².